The molecule has 0 radical (unpaired) electrons. The van der Waals surface area contributed by atoms with Crippen LogP contribution in [0.15, 0.2) is 0 Å². The molecule has 0 saturated carbocycles. The molecular formula is C15H30O3. The summed E-state index contributed by atoms with van der Waals surface area (Å²) in [5, 5.41) is 0. The highest BCUT2D eigenvalue weighted by atomic mass is 16.7. The molecule has 0 aliphatic rings. The predicted octanol–water partition coefficient (Wildman–Crippen LogP) is 4.93. The minimum Gasteiger partial charge on any atom is -0.434 e. The molecule has 0 aromatic rings. The summed E-state index contributed by atoms with van der Waals surface area (Å²) >= 11 is 0. The molecule has 18 heavy (non-hydrogen) atoms. The van der Waals surface area contributed by atoms with Crippen molar-refractivity contribution in [1.29, 1.82) is 0 Å². The minimum absolute atomic E-state index is 0.473. The van der Waals surface area contributed by atoms with Gasteiger partial charge in [-0.1, -0.05) is 39.5 Å². The Bertz CT molecular complexity index is 218. The third-order valence-electron chi connectivity index (χ3n) is 2.74. The Balaban J connectivity index is 3.90. The molecule has 0 saturated heterocycles. The number of hydrogen-bond acceptors (Lipinski definition) is 3. The van der Waals surface area contributed by atoms with Gasteiger partial charge < -0.3 is 9.47 Å². The van der Waals surface area contributed by atoms with E-state index in [0.717, 1.165) is 19.3 Å². The maximum Gasteiger partial charge on any atom is 0.508 e. The first-order valence-corrected chi connectivity index (χ1v) is 7.24. The van der Waals surface area contributed by atoms with Gasteiger partial charge in [-0.25, -0.2) is 4.79 Å². The lowest BCUT2D eigenvalue weighted by Gasteiger charge is -2.21. The molecule has 3 heteroatoms. The maximum atomic E-state index is 11.5. The van der Waals surface area contributed by atoms with Gasteiger partial charge in [0.05, 0.1) is 6.61 Å². The van der Waals surface area contributed by atoms with Crippen LogP contribution in [0.3, 0.4) is 0 Å². The molecule has 0 N–H and O–H groups in total. The van der Waals surface area contributed by atoms with Gasteiger partial charge in [-0.2, -0.15) is 0 Å². The lowest BCUT2D eigenvalue weighted by Crippen LogP contribution is -2.26. The molecule has 0 heterocycles. The molecule has 0 amide bonds. The topological polar surface area (TPSA) is 35.5 Å². The van der Waals surface area contributed by atoms with Gasteiger partial charge in [-0.05, 0) is 39.5 Å². The SMILES string of the molecule is CCCCCC(CCC)COC(=O)OC(C)(C)C. The molecule has 108 valence electrons. The molecule has 1 atom stereocenters. The van der Waals surface area contributed by atoms with Gasteiger partial charge in [0, 0.05) is 0 Å². The normalized spacial score (nSPS) is 13.2. The average Bonchev–Trinajstić information content (AvgIpc) is 2.24. The number of ether oxygens (including phenoxy) is 2. The van der Waals surface area contributed by atoms with Gasteiger partial charge in [0.25, 0.3) is 0 Å². The van der Waals surface area contributed by atoms with Crippen LogP contribution in [0.2, 0.25) is 0 Å². The third-order valence-corrected chi connectivity index (χ3v) is 2.74. The highest BCUT2D eigenvalue weighted by Crippen LogP contribution is 2.17. The number of carbonyl (C=O) groups is 1. The van der Waals surface area contributed by atoms with Crippen molar-refractivity contribution in [2.24, 2.45) is 5.92 Å². The van der Waals surface area contributed by atoms with Gasteiger partial charge in [-0.3, -0.25) is 0 Å². The number of hydrogen-bond donors (Lipinski definition) is 0. The van der Waals surface area contributed by atoms with Gasteiger partial charge >= 0.3 is 6.16 Å². The minimum atomic E-state index is -0.543. The molecule has 0 bridgehead atoms. The first kappa shape index (κ1) is 17.3. The van der Waals surface area contributed by atoms with Gasteiger partial charge in [0.2, 0.25) is 0 Å². The molecule has 0 aromatic heterocycles. The Morgan fingerprint density at radius 1 is 1.06 bits per heavy atom. The molecule has 3 nitrogen and oxygen atoms in total. The smallest absolute Gasteiger partial charge is 0.434 e. The molecule has 0 aromatic carbocycles. The predicted molar refractivity (Wildman–Crippen MR) is 74.7 cm³/mol. The fourth-order valence-corrected chi connectivity index (χ4v) is 1.87. The summed E-state index contributed by atoms with van der Waals surface area (Å²) in [6.07, 6.45) is 6.56. The molecule has 0 fully saturated rings. The van der Waals surface area contributed by atoms with E-state index in [-0.39, 0.29) is 0 Å². The van der Waals surface area contributed by atoms with E-state index in [9.17, 15) is 4.79 Å². The summed E-state index contributed by atoms with van der Waals surface area (Å²) < 4.78 is 10.3. The molecule has 0 rings (SSSR count). The number of unbranched alkanes of at least 4 members (excludes halogenated alkanes) is 2. The first-order valence-electron chi connectivity index (χ1n) is 7.24. The molecule has 0 spiro atoms. The van der Waals surface area contributed by atoms with E-state index in [2.05, 4.69) is 13.8 Å². The van der Waals surface area contributed by atoms with Crippen LogP contribution in [-0.2, 0) is 9.47 Å². The molecule has 0 aliphatic carbocycles. The van der Waals surface area contributed by atoms with Crippen LogP contribution in [0, 0.1) is 5.92 Å². The Hall–Kier alpha value is -0.730. The highest BCUT2D eigenvalue weighted by molar-refractivity contribution is 5.60. The zero-order chi connectivity index (χ0) is 14.0. The van der Waals surface area contributed by atoms with Crippen molar-refractivity contribution < 1.29 is 14.3 Å². The zero-order valence-corrected chi connectivity index (χ0v) is 12.8. The van der Waals surface area contributed by atoms with Gasteiger partial charge in [-0.15, -0.1) is 0 Å². The summed E-state index contributed by atoms with van der Waals surface area (Å²) in [6.45, 7) is 10.4. The first-order chi connectivity index (χ1) is 8.39. The van der Waals surface area contributed by atoms with E-state index in [0.29, 0.717) is 12.5 Å². The summed E-state index contributed by atoms with van der Waals surface area (Å²) in [5.74, 6) is 0.481. The quantitative estimate of drug-likeness (QED) is 0.457. The average molecular weight is 258 g/mol. The van der Waals surface area contributed by atoms with E-state index in [1.54, 1.807) is 0 Å². The fraction of sp³-hybridized carbons (Fsp3) is 0.933. The van der Waals surface area contributed by atoms with Crippen molar-refractivity contribution in [2.45, 2.75) is 78.7 Å². The summed E-state index contributed by atoms with van der Waals surface area (Å²) in [5.41, 5.74) is -0.473. The van der Waals surface area contributed by atoms with E-state index in [4.69, 9.17) is 9.47 Å². The van der Waals surface area contributed by atoms with E-state index >= 15 is 0 Å². The lowest BCUT2D eigenvalue weighted by atomic mass is 9.97. The second-order valence-corrected chi connectivity index (χ2v) is 5.93. The summed E-state index contributed by atoms with van der Waals surface area (Å²) in [7, 11) is 0. The molecule has 1 unspecified atom stereocenters. The second kappa shape index (κ2) is 9.23. The largest absolute Gasteiger partial charge is 0.508 e. The van der Waals surface area contributed by atoms with Crippen molar-refractivity contribution in [1.82, 2.24) is 0 Å². The molecule has 0 aliphatic heterocycles. The monoisotopic (exact) mass is 258 g/mol. The Morgan fingerprint density at radius 2 is 1.72 bits per heavy atom. The molecular weight excluding hydrogens is 228 g/mol. The van der Waals surface area contributed by atoms with Crippen LogP contribution in [-0.4, -0.2) is 18.4 Å². The van der Waals surface area contributed by atoms with E-state index in [1.165, 1.54) is 19.3 Å². The Kier molecular flexibility index (Phi) is 8.86. The van der Waals surface area contributed by atoms with Crippen molar-refractivity contribution in [3.8, 4) is 0 Å². The summed E-state index contributed by atoms with van der Waals surface area (Å²) in [4.78, 5) is 11.5. The highest BCUT2D eigenvalue weighted by Gasteiger charge is 2.18. The standard InChI is InChI=1S/C15H30O3/c1-6-8-9-11-13(10-7-2)12-17-14(16)18-15(3,4)5/h13H,6-12H2,1-5H3. The Labute approximate surface area is 112 Å². The second-order valence-electron chi connectivity index (χ2n) is 5.93. The van der Waals surface area contributed by atoms with Crippen LogP contribution in [0.5, 0.6) is 0 Å². The zero-order valence-electron chi connectivity index (χ0n) is 12.8. The van der Waals surface area contributed by atoms with Crippen molar-refractivity contribution in [3.63, 3.8) is 0 Å². The Morgan fingerprint density at radius 3 is 2.22 bits per heavy atom. The maximum absolute atomic E-state index is 11.5. The lowest BCUT2D eigenvalue weighted by molar-refractivity contribution is -0.0142. The van der Waals surface area contributed by atoms with Crippen LogP contribution in [0.4, 0.5) is 4.79 Å². The van der Waals surface area contributed by atoms with E-state index < -0.39 is 11.8 Å². The third kappa shape index (κ3) is 10.4. The fourth-order valence-electron chi connectivity index (χ4n) is 1.87. The number of carbonyl (C=O) groups excluding carboxylic acids is 1. The van der Waals surface area contributed by atoms with Crippen molar-refractivity contribution in [2.75, 3.05) is 6.61 Å². The van der Waals surface area contributed by atoms with Crippen molar-refractivity contribution in [3.05, 3.63) is 0 Å². The van der Waals surface area contributed by atoms with Crippen LogP contribution in [0.25, 0.3) is 0 Å². The van der Waals surface area contributed by atoms with Crippen LogP contribution < -0.4 is 0 Å². The van der Waals surface area contributed by atoms with Crippen molar-refractivity contribution >= 4 is 6.16 Å². The van der Waals surface area contributed by atoms with Crippen LogP contribution in [0.1, 0.15) is 73.1 Å². The number of rotatable bonds is 8. The summed E-state index contributed by atoms with van der Waals surface area (Å²) in [6, 6.07) is 0. The van der Waals surface area contributed by atoms with Gasteiger partial charge in [0.1, 0.15) is 5.60 Å². The van der Waals surface area contributed by atoms with Crippen LogP contribution >= 0.6 is 0 Å². The van der Waals surface area contributed by atoms with E-state index in [1.807, 2.05) is 20.8 Å². The van der Waals surface area contributed by atoms with Gasteiger partial charge in [0.15, 0.2) is 0 Å².